The van der Waals surface area contributed by atoms with E-state index in [1.54, 1.807) is 0 Å². The van der Waals surface area contributed by atoms with Crippen LogP contribution in [-0.2, 0) is 0 Å². The monoisotopic (exact) mass is 637 g/mol. The van der Waals surface area contributed by atoms with Crippen LogP contribution in [0.1, 0.15) is 0 Å². The van der Waals surface area contributed by atoms with Crippen molar-refractivity contribution in [1.82, 2.24) is 14.5 Å². The van der Waals surface area contributed by atoms with E-state index in [0.29, 0.717) is 11.5 Å². The molecule has 0 radical (unpaired) electrons. The summed E-state index contributed by atoms with van der Waals surface area (Å²) in [6.45, 7) is 0. The zero-order chi connectivity index (χ0) is 32.8. The molecule has 0 aliphatic rings. The molecule has 3 aromatic heterocycles. The van der Waals surface area contributed by atoms with Gasteiger partial charge in [0.2, 0.25) is 5.71 Å². The van der Waals surface area contributed by atoms with E-state index in [-0.39, 0.29) is 0 Å². The number of hydrogen-bond donors (Lipinski definition) is 0. The highest BCUT2D eigenvalue weighted by Crippen LogP contribution is 2.43. The van der Waals surface area contributed by atoms with Crippen LogP contribution >= 0.6 is 0 Å². The van der Waals surface area contributed by atoms with Crippen molar-refractivity contribution in [3.05, 3.63) is 164 Å². The molecule has 3 heterocycles. The van der Waals surface area contributed by atoms with Crippen LogP contribution in [0, 0.1) is 0 Å². The van der Waals surface area contributed by atoms with Gasteiger partial charge in [-0.3, -0.25) is 0 Å². The summed E-state index contributed by atoms with van der Waals surface area (Å²) in [6, 6.07) is 57.7. The highest BCUT2D eigenvalue weighted by molar-refractivity contribution is 6.27. The summed E-state index contributed by atoms with van der Waals surface area (Å²) in [5.41, 5.74) is 7.56. The lowest BCUT2D eigenvalue weighted by Gasteiger charge is -2.12. The maximum absolute atomic E-state index is 6.90. The molecule has 0 N–H and O–H groups in total. The molecule has 0 amide bonds. The van der Waals surface area contributed by atoms with E-state index in [4.69, 9.17) is 14.4 Å². The zero-order valence-corrected chi connectivity index (χ0v) is 26.8. The van der Waals surface area contributed by atoms with Crippen LogP contribution in [0.2, 0.25) is 0 Å². The molecule has 8 aromatic carbocycles. The number of aromatic nitrogens is 3. The summed E-state index contributed by atoms with van der Waals surface area (Å²) < 4.78 is 9.21. The van der Waals surface area contributed by atoms with Gasteiger partial charge in [-0.1, -0.05) is 127 Å². The minimum atomic E-state index is 0.580. The summed E-state index contributed by atoms with van der Waals surface area (Å²) in [6.07, 6.45) is 0. The first-order chi connectivity index (χ1) is 24.8. The van der Waals surface area contributed by atoms with Gasteiger partial charge in [-0.2, -0.15) is 4.98 Å². The van der Waals surface area contributed by atoms with Crippen LogP contribution in [0.3, 0.4) is 0 Å². The number of para-hydroxylation sites is 2. The van der Waals surface area contributed by atoms with Crippen molar-refractivity contribution in [2.24, 2.45) is 0 Å². The quantitative estimate of drug-likeness (QED) is 0.181. The van der Waals surface area contributed by atoms with Crippen molar-refractivity contribution >= 4 is 76.2 Å². The average Bonchev–Trinajstić information content (AvgIpc) is 3.74. The highest BCUT2D eigenvalue weighted by atomic mass is 16.3. The number of rotatable bonds is 3. The fourth-order valence-corrected chi connectivity index (χ4v) is 8.02. The predicted molar refractivity (Wildman–Crippen MR) is 207 cm³/mol. The minimum Gasteiger partial charge on any atom is -0.437 e. The van der Waals surface area contributed by atoms with Crippen LogP contribution < -0.4 is 0 Å². The van der Waals surface area contributed by atoms with Crippen LogP contribution in [0.5, 0.6) is 0 Å². The zero-order valence-electron chi connectivity index (χ0n) is 26.8. The number of furan rings is 1. The van der Waals surface area contributed by atoms with Gasteiger partial charge in [-0.15, -0.1) is 0 Å². The Kier molecular flexibility index (Phi) is 5.63. The van der Waals surface area contributed by atoms with Crippen molar-refractivity contribution in [1.29, 1.82) is 0 Å². The Balaban J connectivity index is 1.23. The number of nitrogens with zero attached hydrogens (tertiary/aromatic N) is 3. The van der Waals surface area contributed by atoms with E-state index < -0.39 is 0 Å². The van der Waals surface area contributed by atoms with Crippen molar-refractivity contribution in [2.45, 2.75) is 0 Å². The SMILES string of the molecule is c1ccc(-c2nc(-c3ccc4c5ccccc5c5ccccc5c4c3)nc3oc4c(ccc5c4c4ccccc4n5-c4ccccc4)c23)cc1. The van der Waals surface area contributed by atoms with E-state index in [0.717, 1.165) is 60.7 Å². The topological polar surface area (TPSA) is 43.9 Å². The predicted octanol–water partition coefficient (Wildman–Crippen LogP) is 12.3. The van der Waals surface area contributed by atoms with Gasteiger partial charge < -0.3 is 8.98 Å². The highest BCUT2D eigenvalue weighted by Gasteiger charge is 2.23. The van der Waals surface area contributed by atoms with E-state index in [2.05, 4.69) is 162 Å². The first-order valence-corrected chi connectivity index (χ1v) is 16.9. The third-order valence-corrected chi connectivity index (χ3v) is 10.2. The van der Waals surface area contributed by atoms with Crippen molar-refractivity contribution in [2.75, 3.05) is 0 Å². The Morgan fingerprint density at radius 1 is 0.400 bits per heavy atom. The summed E-state index contributed by atoms with van der Waals surface area (Å²) in [5, 5.41) is 11.5. The molecule has 232 valence electrons. The van der Waals surface area contributed by atoms with Gasteiger partial charge in [0.25, 0.3) is 0 Å². The van der Waals surface area contributed by atoms with Crippen molar-refractivity contribution in [3.8, 4) is 28.3 Å². The first-order valence-electron chi connectivity index (χ1n) is 16.9. The van der Waals surface area contributed by atoms with Gasteiger partial charge in [0.05, 0.1) is 27.5 Å². The molecule has 50 heavy (non-hydrogen) atoms. The molecule has 0 aliphatic carbocycles. The second-order valence-corrected chi connectivity index (χ2v) is 12.9. The molecule has 0 spiro atoms. The Morgan fingerprint density at radius 3 is 1.70 bits per heavy atom. The fraction of sp³-hybridized carbons (Fsp3) is 0. The third kappa shape index (κ3) is 3.81. The number of hydrogen-bond acceptors (Lipinski definition) is 3. The molecular formula is C46H27N3O. The van der Waals surface area contributed by atoms with Crippen molar-refractivity contribution < 1.29 is 4.42 Å². The first kappa shape index (κ1) is 27.2. The molecule has 11 aromatic rings. The average molecular weight is 638 g/mol. The summed E-state index contributed by atoms with van der Waals surface area (Å²) in [7, 11) is 0. The molecule has 0 fully saturated rings. The largest absolute Gasteiger partial charge is 0.437 e. The van der Waals surface area contributed by atoms with Crippen LogP contribution in [-0.4, -0.2) is 14.5 Å². The number of benzene rings is 8. The maximum atomic E-state index is 6.90. The third-order valence-electron chi connectivity index (χ3n) is 10.2. The molecule has 0 saturated carbocycles. The molecular weight excluding hydrogens is 611 g/mol. The maximum Gasteiger partial charge on any atom is 0.231 e. The Bertz CT molecular complexity index is 3100. The Labute approximate surface area is 286 Å². The number of fused-ring (bicyclic) bond motifs is 13. The molecule has 11 rings (SSSR count). The lowest BCUT2D eigenvalue weighted by molar-refractivity contribution is 0.657. The van der Waals surface area contributed by atoms with Gasteiger partial charge in [-0.25, -0.2) is 4.98 Å². The van der Waals surface area contributed by atoms with E-state index in [9.17, 15) is 0 Å². The van der Waals surface area contributed by atoms with E-state index in [1.165, 1.54) is 32.3 Å². The molecule has 0 saturated heterocycles. The lowest BCUT2D eigenvalue weighted by atomic mass is 9.93. The molecule has 4 heteroatoms. The fourth-order valence-electron chi connectivity index (χ4n) is 8.02. The minimum absolute atomic E-state index is 0.580. The second-order valence-electron chi connectivity index (χ2n) is 12.9. The normalized spacial score (nSPS) is 12.0. The van der Waals surface area contributed by atoms with E-state index >= 15 is 0 Å². The molecule has 0 aliphatic heterocycles. The van der Waals surface area contributed by atoms with E-state index in [1.807, 2.05) is 6.07 Å². The summed E-state index contributed by atoms with van der Waals surface area (Å²) in [5.74, 6) is 0.637. The molecule has 4 nitrogen and oxygen atoms in total. The van der Waals surface area contributed by atoms with Gasteiger partial charge >= 0.3 is 0 Å². The van der Waals surface area contributed by atoms with Crippen LogP contribution in [0.4, 0.5) is 0 Å². The molecule has 0 atom stereocenters. The molecule has 0 unspecified atom stereocenters. The van der Waals surface area contributed by atoms with Gasteiger partial charge in [0.1, 0.15) is 5.58 Å². The second kappa shape index (κ2) is 10.4. The summed E-state index contributed by atoms with van der Waals surface area (Å²) in [4.78, 5) is 10.5. The Hall–Kier alpha value is -6.78. The standard InChI is InChI=1S/C46H27N3O/c1-3-13-28(14-4-1)43-42-37-25-26-40-41(36-21-11-12-22-39(36)49(40)30-15-5-2-6-16-30)44(37)50-46(42)48-45(47-43)29-23-24-35-33-19-8-7-17-31(33)32-18-9-10-20-34(32)38(35)27-29/h1-27H. The van der Waals surface area contributed by atoms with Gasteiger partial charge in [0.15, 0.2) is 5.82 Å². The Morgan fingerprint density at radius 2 is 0.980 bits per heavy atom. The van der Waals surface area contributed by atoms with Gasteiger partial charge in [-0.05, 0) is 68.7 Å². The van der Waals surface area contributed by atoms with Crippen LogP contribution in [0.25, 0.3) is 105 Å². The molecule has 0 bridgehead atoms. The van der Waals surface area contributed by atoms with Crippen molar-refractivity contribution in [3.63, 3.8) is 0 Å². The van der Waals surface area contributed by atoms with Gasteiger partial charge in [0, 0.05) is 27.6 Å². The summed E-state index contributed by atoms with van der Waals surface area (Å²) >= 11 is 0. The lowest BCUT2D eigenvalue weighted by Crippen LogP contribution is -1.94. The van der Waals surface area contributed by atoms with Crippen LogP contribution in [0.15, 0.2) is 168 Å². The smallest absolute Gasteiger partial charge is 0.231 e.